The first-order valence-electron chi connectivity index (χ1n) is 10.2. The third kappa shape index (κ3) is 4.12. The smallest absolute Gasteiger partial charge is 0.490 e. The molecule has 1 amide bonds. The van der Waals surface area contributed by atoms with Gasteiger partial charge in [-0.3, -0.25) is 4.79 Å². The van der Waals surface area contributed by atoms with Crippen molar-refractivity contribution in [2.45, 2.75) is 64.1 Å². The topological polar surface area (TPSA) is 95.2 Å². The quantitative estimate of drug-likeness (QED) is 0.735. The molecule has 3 N–H and O–H groups in total. The number of amidine groups is 1. The number of aliphatic imine (C=N–C) groups is 1. The number of ether oxygens (including phenoxy) is 3. The van der Waals surface area contributed by atoms with Gasteiger partial charge >= 0.3 is 6.36 Å². The highest BCUT2D eigenvalue weighted by atomic mass is 19.4. The van der Waals surface area contributed by atoms with Crippen LogP contribution < -0.4 is 20.5 Å². The summed E-state index contributed by atoms with van der Waals surface area (Å²) in [4.78, 5) is 17.0. The van der Waals surface area contributed by atoms with Crippen LogP contribution in [-0.2, 0) is 15.1 Å². The molecule has 7 nitrogen and oxygen atoms in total. The second kappa shape index (κ2) is 7.20. The van der Waals surface area contributed by atoms with Gasteiger partial charge in [0.2, 0.25) is 5.91 Å². The molecule has 1 saturated carbocycles. The lowest BCUT2D eigenvalue weighted by Crippen LogP contribution is -2.55. The van der Waals surface area contributed by atoms with Gasteiger partial charge in [-0.2, -0.15) is 0 Å². The van der Waals surface area contributed by atoms with Gasteiger partial charge in [0.25, 0.3) is 6.02 Å². The molecule has 1 spiro atoms. The second-order valence-corrected chi connectivity index (χ2v) is 9.36. The number of hydrogen-bond acceptors (Lipinski definition) is 6. The Hall–Kier alpha value is -2.65. The van der Waals surface area contributed by atoms with Crippen molar-refractivity contribution >= 4 is 11.9 Å². The molecule has 2 heterocycles. The largest absolute Gasteiger partial charge is 0.573 e. The lowest BCUT2D eigenvalue weighted by atomic mass is 9.67. The number of nitrogens with two attached hydrogens (primary N) is 1. The van der Waals surface area contributed by atoms with Crippen molar-refractivity contribution in [3.05, 3.63) is 23.8 Å². The van der Waals surface area contributed by atoms with Gasteiger partial charge in [-0.05, 0) is 37.5 Å². The zero-order valence-electron chi connectivity index (χ0n) is 17.6. The van der Waals surface area contributed by atoms with Gasteiger partial charge in [-0.1, -0.05) is 20.8 Å². The van der Waals surface area contributed by atoms with Gasteiger partial charge < -0.3 is 25.3 Å². The van der Waals surface area contributed by atoms with E-state index in [0.29, 0.717) is 24.2 Å². The van der Waals surface area contributed by atoms with Crippen LogP contribution in [0, 0.1) is 11.3 Å². The summed E-state index contributed by atoms with van der Waals surface area (Å²) >= 11 is 0. The molecule has 4 atom stereocenters. The van der Waals surface area contributed by atoms with Gasteiger partial charge in [-0.25, -0.2) is 4.99 Å². The van der Waals surface area contributed by atoms with Crippen molar-refractivity contribution in [1.82, 2.24) is 5.32 Å². The molecule has 1 fully saturated rings. The van der Waals surface area contributed by atoms with Gasteiger partial charge in [0.1, 0.15) is 29.7 Å². The van der Waals surface area contributed by atoms with E-state index in [1.54, 1.807) is 0 Å². The summed E-state index contributed by atoms with van der Waals surface area (Å²) in [7, 11) is 0. The summed E-state index contributed by atoms with van der Waals surface area (Å²) < 4.78 is 54.1. The highest BCUT2D eigenvalue weighted by Crippen LogP contribution is 2.53. The van der Waals surface area contributed by atoms with Crippen molar-refractivity contribution in [1.29, 1.82) is 0 Å². The Morgan fingerprint density at radius 1 is 1.29 bits per heavy atom. The number of halogens is 3. The Labute approximate surface area is 178 Å². The van der Waals surface area contributed by atoms with E-state index in [1.165, 1.54) is 18.2 Å². The minimum Gasteiger partial charge on any atom is -0.490 e. The third-order valence-electron chi connectivity index (χ3n) is 6.10. The minimum atomic E-state index is -4.82. The summed E-state index contributed by atoms with van der Waals surface area (Å²) in [6, 6.07) is 3.85. The number of fused-ring (bicyclic) bond motifs is 4. The van der Waals surface area contributed by atoms with Crippen LogP contribution in [0.3, 0.4) is 0 Å². The maximum atomic E-state index is 12.8. The molecule has 0 saturated heterocycles. The second-order valence-electron chi connectivity index (χ2n) is 9.36. The molecular weight excluding hydrogens is 415 g/mol. The third-order valence-corrected chi connectivity index (χ3v) is 6.10. The van der Waals surface area contributed by atoms with Crippen LogP contribution in [0.5, 0.6) is 11.5 Å². The van der Waals surface area contributed by atoms with Crippen molar-refractivity contribution in [3.8, 4) is 11.5 Å². The van der Waals surface area contributed by atoms with Gasteiger partial charge in [-0.15, -0.1) is 13.2 Å². The van der Waals surface area contributed by atoms with E-state index in [4.69, 9.17) is 15.2 Å². The maximum Gasteiger partial charge on any atom is 0.573 e. The number of amides is 1. The van der Waals surface area contributed by atoms with Crippen LogP contribution in [0.2, 0.25) is 0 Å². The number of carbonyl (C=O) groups excluding carboxylic acids is 1. The van der Waals surface area contributed by atoms with Crippen LogP contribution in [0.25, 0.3) is 0 Å². The Kier molecular flexibility index (Phi) is 5.01. The molecule has 2 aliphatic heterocycles. The molecule has 1 aliphatic carbocycles. The molecule has 10 heteroatoms. The molecule has 170 valence electrons. The number of carbonyl (C=O) groups is 1. The van der Waals surface area contributed by atoms with Crippen LogP contribution in [0.1, 0.15) is 45.6 Å². The molecule has 1 aromatic rings. The predicted octanol–water partition coefficient (Wildman–Crippen LogP) is 3.22. The van der Waals surface area contributed by atoms with E-state index in [1.807, 2.05) is 20.8 Å². The number of rotatable bonds is 2. The van der Waals surface area contributed by atoms with Gasteiger partial charge in [0.05, 0.1) is 0 Å². The SMILES string of the molecule is CC(C)(C)C(=O)N[C@H]1CC[C@@H]2Oc3ccc(OC(F)(F)F)cc3[C@@]3(COC(N)=N3)[C@H]2C1. The van der Waals surface area contributed by atoms with Crippen molar-refractivity contribution in [2.24, 2.45) is 22.1 Å². The molecule has 3 aliphatic rings. The molecular formula is C21H26F3N3O4. The fourth-order valence-corrected chi connectivity index (χ4v) is 4.60. The standard InChI is InChI=1S/C21H26F3N3O4/c1-19(2,3)17(28)26-11-4-6-15-13(8-11)20(10-29-18(25)27-20)14-9-12(31-21(22,23)24)5-7-16(14)30-15/h5,7,9,11,13,15H,4,6,8,10H2,1-3H3,(H2,25,27)(H,26,28)/t11-,13-,15-,20+/m0/s1. The highest BCUT2D eigenvalue weighted by Gasteiger charge is 2.56. The average Bonchev–Trinajstić information content (AvgIpc) is 3.03. The molecule has 1 aromatic carbocycles. The van der Waals surface area contributed by atoms with E-state index >= 15 is 0 Å². The van der Waals surface area contributed by atoms with E-state index in [0.717, 1.165) is 6.42 Å². The zero-order chi connectivity index (χ0) is 22.6. The summed E-state index contributed by atoms with van der Waals surface area (Å²) in [6.45, 7) is 5.61. The molecule has 0 bridgehead atoms. The lowest BCUT2D eigenvalue weighted by molar-refractivity contribution is -0.274. The molecule has 0 unspecified atom stereocenters. The molecule has 4 rings (SSSR count). The normalized spacial score (nSPS) is 29.9. The monoisotopic (exact) mass is 441 g/mol. The first-order valence-corrected chi connectivity index (χ1v) is 10.2. The number of nitrogens with one attached hydrogen (secondary N) is 1. The van der Waals surface area contributed by atoms with Crippen LogP contribution in [0.15, 0.2) is 23.2 Å². The number of nitrogens with zero attached hydrogens (tertiary/aromatic N) is 1. The summed E-state index contributed by atoms with van der Waals surface area (Å²) in [5.74, 6) is -0.216. The van der Waals surface area contributed by atoms with E-state index in [9.17, 15) is 18.0 Å². The van der Waals surface area contributed by atoms with E-state index < -0.39 is 17.3 Å². The summed E-state index contributed by atoms with van der Waals surface area (Å²) in [5.41, 5.74) is 4.74. The van der Waals surface area contributed by atoms with Crippen molar-refractivity contribution < 1.29 is 32.2 Å². The predicted molar refractivity (Wildman–Crippen MR) is 106 cm³/mol. The Morgan fingerprint density at radius 3 is 2.65 bits per heavy atom. The first kappa shape index (κ1) is 21.6. The zero-order valence-corrected chi connectivity index (χ0v) is 17.6. The lowest BCUT2D eigenvalue weighted by Gasteiger charge is -2.48. The Morgan fingerprint density at radius 2 is 2.03 bits per heavy atom. The number of benzene rings is 1. The fourth-order valence-electron chi connectivity index (χ4n) is 4.60. The van der Waals surface area contributed by atoms with Crippen molar-refractivity contribution in [3.63, 3.8) is 0 Å². The van der Waals surface area contributed by atoms with Crippen LogP contribution in [0.4, 0.5) is 13.2 Å². The van der Waals surface area contributed by atoms with E-state index in [2.05, 4.69) is 15.0 Å². The summed E-state index contributed by atoms with van der Waals surface area (Å²) in [6.07, 6.45) is -3.11. The van der Waals surface area contributed by atoms with Crippen molar-refractivity contribution in [2.75, 3.05) is 6.61 Å². The summed E-state index contributed by atoms with van der Waals surface area (Å²) in [5, 5.41) is 3.09. The Balaban J connectivity index is 1.68. The van der Waals surface area contributed by atoms with E-state index in [-0.39, 0.29) is 42.3 Å². The fraction of sp³-hybridized carbons (Fsp3) is 0.619. The van der Waals surface area contributed by atoms with Gasteiger partial charge in [0, 0.05) is 22.9 Å². The number of alkyl halides is 3. The van der Waals surface area contributed by atoms with Gasteiger partial charge in [0.15, 0.2) is 0 Å². The molecule has 0 aromatic heterocycles. The highest BCUT2D eigenvalue weighted by molar-refractivity contribution is 5.81. The first-order chi connectivity index (χ1) is 14.4. The van der Waals surface area contributed by atoms with Crippen LogP contribution in [-0.4, -0.2) is 37.0 Å². The average molecular weight is 441 g/mol. The molecule has 31 heavy (non-hydrogen) atoms. The Bertz CT molecular complexity index is 912. The minimum absolute atomic E-state index is 0.0189. The number of hydrogen-bond donors (Lipinski definition) is 2. The molecule has 0 radical (unpaired) electrons. The maximum absolute atomic E-state index is 12.8. The van der Waals surface area contributed by atoms with Crippen LogP contribution >= 0.6 is 0 Å².